The first-order valence-corrected chi connectivity index (χ1v) is 4.61. The zero-order valence-corrected chi connectivity index (χ0v) is 8.16. The fraction of sp³-hybridized carbons (Fsp3) is 0.333. The number of aliphatic carboxylic acids is 1. The summed E-state index contributed by atoms with van der Waals surface area (Å²) in [6, 6.07) is 0. The van der Waals surface area contributed by atoms with Gasteiger partial charge in [-0.2, -0.15) is 0 Å². The highest BCUT2D eigenvalue weighted by molar-refractivity contribution is 5.77. The molecule has 0 bridgehead atoms. The number of hydrogen-bond donors (Lipinski definition) is 1. The Balaban J connectivity index is 2.59. The third kappa shape index (κ3) is 1.54. The summed E-state index contributed by atoms with van der Waals surface area (Å²) in [5.41, 5.74) is 0.969. The van der Waals surface area contributed by atoms with Crippen LogP contribution in [0.5, 0.6) is 0 Å². The van der Waals surface area contributed by atoms with Crippen LogP contribution >= 0.6 is 0 Å². The number of nitrogens with zero attached hydrogens (tertiary/aromatic N) is 4. The molecule has 0 saturated heterocycles. The summed E-state index contributed by atoms with van der Waals surface area (Å²) >= 11 is 0. The third-order valence-electron chi connectivity index (χ3n) is 2.28. The predicted molar refractivity (Wildman–Crippen MR) is 51.4 cm³/mol. The lowest BCUT2D eigenvalue weighted by Gasteiger charge is -2.08. The molecule has 2 aromatic rings. The van der Waals surface area contributed by atoms with E-state index in [4.69, 9.17) is 5.11 Å². The zero-order chi connectivity index (χ0) is 10.8. The second-order valence-electron chi connectivity index (χ2n) is 3.17. The molecule has 6 nitrogen and oxygen atoms in total. The SMILES string of the molecule is CCC(C(=O)O)c1nccn2cnnc12. The van der Waals surface area contributed by atoms with Gasteiger partial charge in [0.15, 0.2) is 5.65 Å². The van der Waals surface area contributed by atoms with Crippen molar-refractivity contribution >= 4 is 11.6 Å². The van der Waals surface area contributed by atoms with Gasteiger partial charge in [0, 0.05) is 12.4 Å². The van der Waals surface area contributed by atoms with Crippen LogP contribution in [0.1, 0.15) is 25.0 Å². The second-order valence-corrected chi connectivity index (χ2v) is 3.17. The molecule has 0 aromatic carbocycles. The maximum absolute atomic E-state index is 11.0. The molecule has 0 aliphatic rings. The smallest absolute Gasteiger partial charge is 0.312 e. The van der Waals surface area contributed by atoms with Crippen molar-refractivity contribution in [2.24, 2.45) is 0 Å². The maximum atomic E-state index is 11.0. The molecule has 1 unspecified atom stereocenters. The summed E-state index contributed by atoms with van der Waals surface area (Å²) in [5.74, 6) is -1.51. The fourth-order valence-corrected chi connectivity index (χ4v) is 1.51. The Morgan fingerprint density at radius 1 is 1.67 bits per heavy atom. The van der Waals surface area contributed by atoms with Crippen molar-refractivity contribution in [3.8, 4) is 0 Å². The molecular weight excluding hydrogens is 196 g/mol. The average Bonchev–Trinajstić information content (AvgIpc) is 2.66. The molecule has 0 aliphatic carbocycles. The number of carboxylic acids is 1. The van der Waals surface area contributed by atoms with E-state index < -0.39 is 11.9 Å². The summed E-state index contributed by atoms with van der Waals surface area (Å²) < 4.78 is 1.66. The quantitative estimate of drug-likeness (QED) is 0.799. The van der Waals surface area contributed by atoms with Gasteiger partial charge in [0.25, 0.3) is 0 Å². The minimum Gasteiger partial charge on any atom is -0.481 e. The number of hydrogen-bond acceptors (Lipinski definition) is 4. The van der Waals surface area contributed by atoms with E-state index in [1.54, 1.807) is 23.7 Å². The minimum absolute atomic E-state index is 0.463. The third-order valence-corrected chi connectivity index (χ3v) is 2.28. The maximum Gasteiger partial charge on any atom is 0.312 e. The van der Waals surface area contributed by atoms with Crippen molar-refractivity contribution in [1.29, 1.82) is 0 Å². The van der Waals surface area contributed by atoms with Crippen LogP contribution in [0, 0.1) is 0 Å². The lowest BCUT2D eigenvalue weighted by molar-refractivity contribution is -0.138. The average molecular weight is 206 g/mol. The molecule has 0 saturated carbocycles. The van der Waals surface area contributed by atoms with E-state index in [2.05, 4.69) is 15.2 Å². The molecule has 0 spiro atoms. The first kappa shape index (κ1) is 9.57. The lowest BCUT2D eigenvalue weighted by Crippen LogP contribution is -2.13. The van der Waals surface area contributed by atoms with Gasteiger partial charge in [0.2, 0.25) is 0 Å². The van der Waals surface area contributed by atoms with Crippen molar-refractivity contribution in [3.63, 3.8) is 0 Å². The van der Waals surface area contributed by atoms with E-state index in [0.717, 1.165) is 0 Å². The molecule has 1 N–H and O–H groups in total. The molecule has 6 heteroatoms. The highest BCUT2D eigenvalue weighted by Crippen LogP contribution is 2.20. The van der Waals surface area contributed by atoms with Crippen LogP contribution in [0.25, 0.3) is 5.65 Å². The van der Waals surface area contributed by atoms with Crippen LogP contribution in [-0.4, -0.2) is 30.7 Å². The van der Waals surface area contributed by atoms with Gasteiger partial charge in [-0.05, 0) is 6.42 Å². The van der Waals surface area contributed by atoms with Crippen molar-refractivity contribution in [1.82, 2.24) is 19.6 Å². The molecule has 0 radical (unpaired) electrons. The van der Waals surface area contributed by atoms with Crippen LogP contribution < -0.4 is 0 Å². The van der Waals surface area contributed by atoms with E-state index >= 15 is 0 Å². The van der Waals surface area contributed by atoms with Gasteiger partial charge in [-0.15, -0.1) is 10.2 Å². The molecule has 2 aromatic heterocycles. The Kier molecular flexibility index (Phi) is 2.32. The molecule has 0 aliphatic heterocycles. The molecule has 78 valence electrons. The van der Waals surface area contributed by atoms with Crippen LogP contribution in [0.2, 0.25) is 0 Å². The van der Waals surface area contributed by atoms with E-state index in [-0.39, 0.29) is 0 Å². The Morgan fingerprint density at radius 3 is 3.13 bits per heavy atom. The van der Waals surface area contributed by atoms with Gasteiger partial charge in [-0.25, -0.2) is 0 Å². The van der Waals surface area contributed by atoms with Gasteiger partial charge in [0.1, 0.15) is 12.2 Å². The Labute approximate surface area is 85.6 Å². The van der Waals surface area contributed by atoms with Crippen LogP contribution in [0.4, 0.5) is 0 Å². The minimum atomic E-state index is -0.888. The molecule has 2 rings (SSSR count). The zero-order valence-electron chi connectivity index (χ0n) is 8.16. The number of rotatable bonds is 3. The largest absolute Gasteiger partial charge is 0.481 e. The number of fused-ring (bicyclic) bond motifs is 1. The summed E-state index contributed by atoms with van der Waals surface area (Å²) in [7, 11) is 0. The first-order chi connectivity index (χ1) is 7.24. The Hall–Kier alpha value is -1.98. The lowest BCUT2D eigenvalue weighted by atomic mass is 10.0. The topological polar surface area (TPSA) is 80.4 Å². The van der Waals surface area contributed by atoms with Crippen LogP contribution in [0.3, 0.4) is 0 Å². The highest BCUT2D eigenvalue weighted by atomic mass is 16.4. The summed E-state index contributed by atoms with van der Waals surface area (Å²) in [4.78, 5) is 15.1. The van der Waals surface area contributed by atoms with Crippen molar-refractivity contribution in [2.75, 3.05) is 0 Å². The van der Waals surface area contributed by atoms with Crippen LogP contribution in [0.15, 0.2) is 18.7 Å². The first-order valence-electron chi connectivity index (χ1n) is 4.61. The second kappa shape index (κ2) is 3.64. The Bertz CT molecular complexity index is 494. The van der Waals surface area contributed by atoms with Gasteiger partial charge in [-0.3, -0.25) is 14.2 Å². The van der Waals surface area contributed by atoms with Crippen molar-refractivity contribution < 1.29 is 9.90 Å². The van der Waals surface area contributed by atoms with E-state index in [1.165, 1.54) is 6.33 Å². The monoisotopic (exact) mass is 206 g/mol. The van der Waals surface area contributed by atoms with Crippen molar-refractivity contribution in [3.05, 3.63) is 24.4 Å². The molecule has 0 fully saturated rings. The van der Waals surface area contributed by atoms with E-state index in [0.29, 0.717) is 17.8 Å². The standard InChI is InChI=1S/C9H10N4O2/c1-2-6(9(14)15)7-8-12-11-5-13(8)4-3-10-7/h3-6H,2H2,1H3,(H,14,15). The van der Waals surface area contributed by atoms with Crippen LogP contribution in [-0.2, 0) is 4.79 Å². The van der Waals surface area contributed by atoms with Gasteiger partial charge in [0.05, 0.1) is 5.69 Å². The van der Waals surface area contributed by atoms with E-state index in [9.17, 15) is 4.79 Å². The fourth-order valence-electron chi connectivity index (χ4n) is 1.51. The molecular formula is C9H10N4O2. The number of aromatic nitrogens is 4. The summed E-state index contributed by atoms with van der Waals surface area (Å²) in [5, 5.41) is 16.6. The molecule has 15 heavy (non-hydrogen) atoms. The highest BCUT2D eigenvalue weighted by Gasteiger charge is 2.22. The van der Waals surface area contributed by atoms with Gasteiger partial charge < -0.3 is 5.11 Å². The van der Waals surface area contributed by atoms with Gasteiger partial charge >= 0.3 is 5.97 Å². The predicted octanol–water partition coefficient (Wildman–Crippen LogP) is 0.702. The number of carboxylic acid groups (broad SMARTS) is 1. The number of carbonyl (C=O) groups is 1. The molecule has 1 atom stereocenters. The normalized spacial score (nSPS) is 12.9. The van der Waals surface area contributed by atoms with E-state index in [1.807, 2.05) is 0 Å². The van der Waals surface area contributed by atoms with Gasteiger partial charge in [-0.1, -0.05) is 6.92 Å². The molecule has 2 heterocycles. The molecule has 0 amide bonds. The summed E-state index contributed by atoms with van der Waals surface area (Å²) in [6.45, 7) is 1.81. The Morgan fingerprint density at radius 2 is 2.47 bits per heavy atom. The summed E-state index contributed by atoms with van der Waals surface area (Å²) in [6.07, 6.45) is 5.24. The van der Waals surface area contributed by atoms with Crippen molar-refractivity contribution in [2.45, 2.75) is 19.3 Å².